The smallest absolute Gasteiger partial charge is 0.232 e. The van der Waals surface area contributed by atoms with Crippen LogP contribution in [0.1, 0.15) is 11.4 Å². The van der Waals surface area contributed by atoms with E-state index in [0.717, 1.165) is 16.4 Å². The number of para-hydroxylation sites is 2. The first-order valence-corrected chi connectivity index (χ1v) is 10.2. The van der Waals surface area contributed by atoms with Crippen LogP contribution in [0.5, 0.6) is 11.5 Å². The van der Waals surface area contributed by atoms with Gasteiger partial charge in [-0.1, -0.05) is 41.6 Å². The van der Waals surface area contributed by atoms with Gasteiger partial charge in [0, 0.05) is 18.5 Å². The Bertz CT molecular complexity index is 957. The number of nitrogens with zero attached hydrogens (tertiary/aromatic N) is 3. The molecule has 1 N–H and O–H groups in total. The van der Waals surface area contributed by atoms with Gasteiger partial charge in [0.15, 0.2) is 16.7 Å². The molecule has 152 valence electrons. The molecule has 0 aliphatic rings. The number of ether oxygens (including phenoxy) is 2. The van der Waals surface area contributed by atoms with Crippen LogP contribution >= 0.6 is 11.8 Å². The van der Waals surface area contributed by atoms with Crippen molar-refractivity contribution in [3.63, 3.8) is 0 Å². The molecule has 0 radical (unpaired) electrons. The number of nitrogens with one attached hydrogen (secondary N) is 1. The van der Waals surface area contributed by atoms with Crippen LogP contribution in [0.4, 0.5) is 5.69 Å². The zero-order valence-electron chi connectivity index (χ0n) is 16.7. The third kappa shape index (κ3) is 5.74. The fraction of sp³-hybridized carbons (Fsp3) is 0.286. The van der Waals surface area contributed by atoms with Gasteiger partial charge in [0.25, 0.3) is 0 Å². The minimum atomic E-state index is -0.125. The molecule has 1 heterocycles. The number of amides is 1. The van der Waals surface area contributed by atoms with Crippen LogP contribution < -0.4 is 14.8 Å². The molecule has 0 saturated carbocycles. The third-order valence-corrected chi connectivity index (χ3v) is 5.20. The van der Waals surface area contributed by atoms with Crippen molar-refractivity contribution in [3.05, 3.63) is 59.9 Å². The highest BCUT2D eigenvalue weighted by molar-refractivity contribution is 7.99. The molecule has 3 aromatic rings. The van der Waals surface area contributed by atoms with Gasteiger partial charge in [-0.2, -0.15) is 0 Å². The van der Waals surface area contributed by atoms with E-state index in [0.29, 0.717) is 29.7 Å². The van der Waals surface area contributed by atoms with Gasteiger partial charge < -0.3 is 19.4 Å². The minimum Gasteiger partial charge on any atom is -0.493 e. The van der Waals surface area contributed by atoms with Gasteiger partial charge in [0.1, 0.15) is 5.82 Å². The predicted molar refractivity (Wildman–Crippen MR) is 114 cm³/mol. The zero-order valence-corrected chi connectivity index (χ0v) is 17.5. The first kappa shape index (κ1) is 20.7. The van der Waals surface area contributed by atoms with Gasteiger partial charge >= 0.3 is 0 Å². The molecular formula is C21H24N4O3S. The lowest BCUT2D eigenvalue weighted by Gasteiger charge is -2.10. The van der Waals surface area contributed by atoms with E-state index >= 15 is 0 Å². The lowest BCUT2D eigenvalue weighted by atomic mass is 10.2. The molecule has 8 heteroatoms. The molecule has 0 unspecified atom stereocenters. The molecule has 0 bridgehead atoms. The number of hydrogen-bond donors (Lipinski definition) is 1. The largest absolute Gasteiger partial charge is 0.493 e. The molecule has 1 amide bonds. The summed E-state index contributed by atoms with van der Waals surface area (Å²) < 4.78 is 12.9. The van der Waals surface area contributed by atoms with Gasteiger partial charge in [-0.25, -0.2) is 0 Å². The van der Waals surface area contributed by atoms with Gasteiger partial charge in [0.05, 0.1) is 20.1 Å². The lowest BCUT2D eigenvalue weighted by Crippen LogP contribution is -2.17. The molecule has 2 aromatic carbocycles. The Labute approximate surface area is 174 Å². The SMILES string of the molecule is COc1ccccc1OCCSc1nnc(CC(=O)Nc2ccc(C)cc2)n1C. The summed E-state index contributed by atoms with van der Waals surface area (Å²) in [6, 6.07) is 15.2. The maximum Gasteiger partial charge on any atom is 0.232 e. The van der Waals surface area contributed by atoms with Crippen molar-refractivity contribution in [2.75, 3.05) is 24.8 Å². The van der Waals surface area contributed by atoms with Crippen molar-refractivity contribution < 1.29 is 14.3 Å². The Balaban J connectivity index is 1.48. The highest BCUT2D eigenvalue weighted by Crippen LogP contribution is 2.26. The quantitative estimate of drug-likeness (QED) is 0.428. The zero-order chi connectivity index (χ0) is 20.6. The molecule has 7 nitrogen and oxygen atoms in total. The van der Waals surface area contributed by atoms with Gasteiger partial charge in [-0.15, -0.1) is 10.2 Å². The molecule has 0 fully saturated rings. The van der Waals surface area contributed by atoms with Gasteiger partial charge in [0.2, 0.25) is 5.91 Å². The standard InChI is InChI=1S/C21H24N4O3S/c1-15-8-10-16(11-9-15)22-20(26)14-19-23-24-21(25(19)2)29-13-12-28-18-7-5-4-6-17(18)27-3/h4-11H,12-14H2,1-3H3,(H,22,26). The molecule has 0 aliphatic carbocycles. The van der Waals surface area contributed by atoms with E-state index in [1.165, 1.54) is 11.8 Å². The van der Waals surface area contributed by atoms with Gasteiger partial charge in [-0.05, 0) is 31.2 Å². The van der Waals surface area contributed by atoms with Crippen molar-refractivity contribution in [1.29, 1.82) is 0 Å². The summed E-state index contributed by atoms with van der Waals surface area (Å²) in [5.74, 6) is 2.60. The van der Waals surface area contributed by atoms with Crippen molar-refractivity contribution in [3.8, 4) is 11.5 Å². The average Bonchev–Trinajstić information content (AvgIpc) is 3.06. The van der Waals surface area contributed by atoms with E-state index in [2.05, 4.69) is 15.5 Å². The van der Waals surface area contributed by atoms with Crippen LogP contribution in [0.3, 0.4) is 0 Å². The number of rotatable bonds is 9. The van der Waals surface area contributed by atoms with E-state index < -0.39 is 0 Å². The minimum absolute atomic E-state index is 0.125. The lowest BCUT2D eigenvalue weighted by molar-refractivity contribution is -0.115. The second kappa shape index (κ2) is 9.97. The van der Waals surface area contributed by atoms with Crippen molar-refractivity contribution in [1.82, 2.24) is 14.8 Å². The van der Waals surface area contributed by atoms with Crippen LogP contribution in [-0.4, -0.2) is 40.1 Å². The number of anilines is 1. The Morgan fingerprint density at radius 1 is 1.10 bits per heavy atom. The van der Waals surface area contributed by atoms with E-state index in [1.807, 2.05) is 67.1 Å². The number of hydrogen-bond acceptors (Lipinski definition) is 6. The highest BCUT2D eigenvalue weighted by Gasteiger charge is 2.13. The maximum atomic E-state index is 12.3. The summed E-state index contributed by atoms with van der Waals surface area (Å²) in [6.07, 6.45) is 0.162. The summed E-state index contributed by atoms with van der Waals surface area (Å²) in [5, 5.41) is 11.9. The predicted octanol–water partition coefficient (Wildman–Crippen LogP) is 3.48. The van der Waals surface area contributed by atoms with Crippen LogP contribution in [-0.2, 0) is 18.3 Å². The van der Waals surface area contributed by atoms with Crippen molar-refractivity contribution in [2.24, 2.45) is 7.05 Å². The fourth-order valence-electron chi connectivity index (χ4n) is 2.63. The number of aromatic nitrogens is 3. The molecule has 0 saturated heterocycles. The Hall–Kier alpha value is -3.00. The molecule has 29 heavy (non-hydrogen) atoms. The normalized spacial score (nSPS) is 10.6. The number of carbonyl (C=O) groups excluding carboxylic acids is 1. The van der Waals surface area contributed by atoms with E-state index in [4.69, 9.17) is 9.47 Å². The molecular weight excluding hydrogens is 388 g/mol. The van der Waals surface area contributed by atoms with Crippen molar-refractivity contribution in [2.45, 2.75) is 18.5 Å². The fourth-order valence-corrected chi connectivity index (χ4v) is 3.38. The second-order valence-electron chi connectivity index (χ2n) is 6.40. The summed E-state index contributed by atoms with van der Waals surface area (Å²) in [4.78, 5) is 12.3. The first-order valence-electron chi connectivity index (χ1n) is 9.20. The summed E-state index contributed by atoms with van der Waals surface area (Å²) in [6.45, 7) is 2.51. The highest BCUT2D eigenvalue weighted by atomic mass is 32.2. The van der Waals surface area contributed by atoms with Crippen LogP contribution in [0.15, 0.2) is 53.7 Å². The van der Waals surface area contributed by atoms with Crippen LogP contribution in [0.2, 0.25) is 0 Å². The van der Waals surface area contributed by atoms with Gasteiger partial charge in [-0.3, -0.25) is 4.79 Å². The van der Waals surface area contributed by atoms with Crippen molar-refractivity contribution >= 4 is 23.4 Å². The second-order valence-corrected chi connectivity index (χ2v) is 7.46. The Morgan fingerprint density at radius 2 is 1.83 bits per heavy atom. The van der Waals surface area contributed by atoms with Crippen LogP contribution in [0, 0.1) is 6.92 Å². The maximum absolute atomic E-state index is 12.3. The monoisotopic (exact) mass is 412 g/mol. The number of methoxy groups -OCH3 is 1. The van der Waals surface area contributed by atoms with E-state index in [1.54, 1.807) is 7.11 Å². The van der Waals surface area contributed by atoms with E-state index in [9.17, 15) is 4.79 Å². The topological polar surface area (TPSA) is 78.3 Å². The number of benzene rings is 2. The summed E-state index contributed by atoms with van der Waals surface area (Å²) in [5.41, 5.74) is 1.92. The summed E-state index contributed by atoms with van der Waals surface area (Å²) in [7, 11) is 3.48. The molecule has 0 spiro atoms. The summed E-state index contributed by atoms with van der Waals surface area (Å²) >= 11 is 1.53. The number of carbonyl (C=O) groups is 1. The number of thioether (sulfide) groups is 1. The molecule has 0 atom stereocenters. The Morgan fingerprint density at radius 3 is 2.55 bits per heavy atom. The Kier molecular flexibility index (Phi) is 7.13. The van der Waals surface area contributed by atoms with Crippen LogP contribution in [0.25, 0.3) is 0 Å². The molecule has 0 aliphatic heterocycles. The first-order chi connectivity index (χ1) is 14.1. The average molecular weight is 413 g/mol. The third-order valence-electron chi connectivity index (χ3n) is 4.22. The number of aryl methyl sites for hydroxylation is 1. The molecule has 3 rings (SSSR count). The van der Waals surface area contributed by atoms with E-state index in [-0.39, 0.29) is 12.3 Å². The molecule has 1 aromatic heterocycles.